The normalized spacial score (nSPS) is 44.1. The number of carbonyl (C=O) groups is 2. The van der Waals surface area contributed by atoms with Gasteiger partial charge in [-0.15, -0.1) is 0 Å². The van der Waals surface area contributed by atoms with Crippen LogP contribution in [-0.4, -0.2) is 26.7 Å². The Morgan fingerprint density at radius 2 is 1.69 bits per heavy atom. The molecule has 6 rings (SSSR count). The van der Waals surface area contributed by atoms with Crippen LogP contribution in [0.15, 0.2) is 23.3 Å². The molecule has 1 heterocycles. The van der Waals surface area contributed by atoms with Gasteiger partial charge in [0.05, 0.1) is 5.57 Å². The molecule has 208 valence electrons. The van der Waals surface area contributed by atoms with Gasteiger partial charge in [0.1, 0.15) is 17.7 Å². The molecule has 0 aliphatic heterocycles. The number of hydrogen-bond donors (Lipinski definition) is 1. The minimum atomic E-state index is -0.642. The van der Waals surface area contributed by atoms with Crippen LogP contribution in [0.5, 0.6) is 0 Å². The van der Waals surface area contributed by atoms with Crippen LogP contribution >= 0.6 is 0 Å². The third-order valence-electron chi connectivity index (χ3n) is 12.9. The summed E-state index contributed by atoms with van der Waals surface area (Å²) in [7, 11) is 0. The van der Waals surface area contributed by atoms with Crippen LogP contribution in [0.25, 0.3) is 0 Å². The average molecular weight is 529 g/mol. The number of Topliss-reactive ketones (excluding diaryl/α,β-unsaturated/α-hetero) is 1. The molecule has 6 nitrogen and oxygen atoms in total. The molecule has 0 bridgehead atoms. The van der Waals surface area contributed by atoms with Crippen molar-refractivity contribution in [3.8, 4) is 6.07 Å². The van der Waals surface area contributed by atoms with E-state index in [1.54, 1.807) is 0 Å². The fourth-order valence-corrected chi connectivity index (χ4v) is 10.6. The number of rotatable bonds is 1. The summed E-state index contributed by atoms with van der Waals surface area (Å²) >= 11 is 0. The Kier molecular flexibility index (Phi) is 5.33. The van der Waals surface area contributed by atoms with Gasteiger partial charge < -0.3 is 0 Å². The Bertz CT molecular complexity index is 1390. The van der Waals surface area contributed by atoms with Gasteiger partial charge in [-0.1, -0.05) is 60.1 Å². The molecule has 5 aliphatic rings. The lowest BCUT2D eigenvalue weighted by molar-refractivity contribution is -0.160. The number of carbonyl (C=O) groups excluding carboxylic acids is 2. The van der Waals surface area contributed by atoms with Crippen LogP contribution in [0.3, 0.4) is 0 Å². The summed E-state index contributed by atoms with van der Waals surface area (Å²) in [5, 5.41) is 17.6. The first-order valence-corrected chi connectivity index (χ1v) is 14.9. The maximum absolute atomic E-state index is 14.6. The molecule has 0 spiro atoms. The van der Waals surface area contributed by atoms with Gasteiger partial charge in [-0.05, 0) is 86.0 Å². The zero-order valence-electron chi connectivity index (χ0n) is 25.0. The van der Waals surface area contributed by atoms with E-state index in [-0.39, 0.29) is 56.6 Å². The summed E-state index contributed by atoms with van der Waals surface area (Å²) in [4.78, 5) is 32.7. The van der Waals surface area contributed by atoms with Crippen molar-refractivity contribution >= 4 is 11.6 Å². The lowest BCUT2D eigenvalue weighted by Crippen LogP contribution is -2.65. The van der Waals surface area contributed by atoms with Gasteiger partial charge in [0.25, 0.3) is 0 Å². The molecule has 1 unspecified atom stereocenters. The van der Waals surface area contributed by atoms with Gasteiger partial charge in [-0.3, -0.25) is 14.7 Å². The second-order valence-electron chi connectivity index (χ2n) is 15.6. The van der Waals surface area contributed by atoms with Crippen molar-refractivity contribution in [1.82, 2.24) is 15.2 Å². The fourth-order valence-electron chi connectivity index (χ4n) is 10.6. The third-order valence-corrected chi connectivity index (χ3v) is 12.9. The van der Waals surface area contributed by atoms with Gasteiger partial charge in [-0.25, -0.2) is 4.98 Å². The molecule has 0 saturated heterocycles. The molecule has 0 aromatic carbocycles. The summed E-state index contributed by atoms with van der Waals surface area (Å²) in [5.74, 6) is 2.07. The summed E-state index contributed by atoms with van der Waals surface area (Å²) < 4.78 is 0. The van der Waals surface area contributed by atoms with Crippen molar-refractivity contribution in [2.45, 2.75) is 106 Å². The number of aromatic nitrogens is 3. The lowest BCUT2D eigenvalue weighted by Gasteiger charge is -2.69. The molecule has 7 atom stereocenters. The Morgan fingerprint density at radius 3 is 2.33 bits per heavy atom. The van der Waals surface area contributed by atoms with E-state index >= 15 is 0 Å². The molecular formula is C33H44N4O2. The molecule has 0 amide bonds. The number of nitrogens with zero attached hydrogens (tertiary/aromatic N) is 3. The van der Waals surface area contributed by atoms with Crippen LogP contribution in [0.2, 0.25) is 0 Å². The Labute approximate surface area is 233 Å². The molecule has 1 N–H and O–H groups in total. The fraction of sp³-hybridized carbons (Fsp3) is 0.727. The number of H-pyrrole nitrogens is 1. The highest BCUT2D eigenvalue weighted by Gasteiger charge is 2.70. The average Bonchev–Trinajstić information content (AvgIpc) is 3.29. The predicted octanol–water partition coefficient (Wildman–Crippen LogP) is 6.58. The summed E-state index contributed by atoms with van der Waals surface area (Å²) in [6.45, 7) is 17.6. The zero-order valence-corrected chi connectivity index (χ0v) is 25.0. The maximum atomic E-state index is 14.6. The van der Waals surface area contributed by atoms with Gasteiger partial charge in [0.15, 0.2) is 11.6 Å². The third kappa shape index (κ3) is 3.19. The van der Waals surface area contributed by atoms with Crippen LogP contribution in [0.4, 0.5) is 0 Å². The number of fused-ring (bicyclic) bond motifs is 7. The van der Waals surface area contributed by atoms with Gasteiger partial charge in [0.2, 0.25) is 0 Å². The number of aryl methyl sites for hydroxylation is 1. The van der Waals surface area contributed by atoms with E-state index in [1.165, 1.54) is 0 Å². The Hall–Kier alpha value is -2.55. The highest BCUT2D eigenvalue weighted by Crippen LogP contribution is 2.74. The Morgan fingerprint density at radius 1 is 1.00 bits per heavy atom. The monoisotopic (exact) mass is 528 g/mol. The first-order valence-electron chi connectivity index (χ1n) is 14.9. The van der Waals surface area contributed by atoms with E-state index in [2.05, 4.69) is 50.9 Å². The van der Waals surface area contributed by atoms with Crippen molar-refractivity contribution < 1.29 is 9.59 Å². The predicted molar refractivity (Wildman–Crippen MR) is 149 cm³/mol. The van der Waals surface area contributed by atoms with Gasteiger partial charge in [0, 0.05) is 22.2 Å². The number of hydrogen-bond acceptors (Lipinski definition) is 5. The van der Waals surface area contributed by atoms with Crippen molar-refractivity contribution in [1.29, 1.82) is 5.26 Å². The zero-order chi connectivity index (χ0) is 28.4. The highest BCUT2D eigenvalue weighted by molar-refractivity contribution is 6.04. The second-order valence-corrected chi connectivity index (χ2v) is 15.6. The molecular weight excluding hydrogens is 484 g/mol. The van der Waals surface area contributed by atoms with E-state index in [9.17, 15) is 14.9 Å². The molecule has 5 aliphatic carbocycles. The minimum absolute atomic E-state index is 0.0582. The molecule has 0 radical (unpaired) electrons. The van der Waals surface area contributed by atoms with E-state index < -0.39 is 10.8 Å². The molecule has 1 aromatic rings. The number of ketones is 2. The molecule has 6 heteroatoms. The van der Waals surface area contributed by atoms with Gasteiger partial charge in [-0.2, -0.15) is 10.4 Å². The van der Waals surface area contributed by atoms with Crippen molar-refractivity contribution in [3.05, 3.63) is 34.9 Å². The van der Waals surface area contributed by atoms with Crippen LogP contribution in [0, 0.1) is 63.1 Å². The summed E-state index contributed by atoms with van der Waals surface area (Å²) in [6.07, 6.45) is 10.9. The summed E-state index contributed by atoms with van der Waals surface area (Å²) in [6, 6.07) is 2.21. The molecule has 1 aromatic heterocycles. The van der Waals surface area contributed by atoms with E-state index in [0.717, 1.165) is 62.2 Å². The minimum Gasteiger partial charge on any atom is -0.295 e. The number of nitriles is 1. The first-order chi connectivity index (χ1) is 18.1. The topological polar surface area (TPSA) is 99.5 Å². The quantitative estimate of drug-likeness (QED) is 0.444. The number of aromatic amines is 1. The SMILES string of the molecule is Cc1n[nH]c([C@]23CCC(C)(C)C[C@@H]2C2C(=O)C=C4[C@@]5(C)C=C(C#N)C(=O)C(C)(C)[C@@H]5CC[C@@]4(C)[C@]2(C)CC3)n1. The lowest BCUT2D eigenvalue weighted by atomic mass is 9.34. The second kappa shape index (κ2) is 7.80. The smallest absolute Gasteiger partial charge is 0.178 e. The molecule has 39 heavy (non-hydrogen) atoms. The first kappa shape index (κ1) is 26.7. The van der Waals surface area contributed by atoms with E-state index in [4.69, 9.17) is 4.98 Å². The maximum Gasteiger partial charge on any atom is 0.178 e. The number of nitrogens with one attached hydrogen (secondary N) is 1. The van der Waals surface area contributed by atoms with Crippen molar-refractivity contribution in [2.75, 3.05) is 0 Å². The van der Waals surface area contributed by atoms with Crippen molar-refractivity contribution in [2.24, 2.45) is 44.8 Å². The molecule has 3 saturated carbocycles. The Balaban J connectivity index is 1.54. The number of allylic oxidation sites excluding steroid dienone is 4. The highest BCUT2D eigenvalue weighted by atomic mass is 16.1. The van der Waals surface area contributed by atoms with Crippen LogP contribution in [0.1, 0.15) is 105 Å². The van der Waals surface area contributed by atoms with E-state index in [0.29, 0.717) is 0 Å². The largest absolute Gasteiger partial charge is 0.295 e. The van der Waals surface area contributed by atoms with Gasteiger partial charge >= 0.3 is 0 Å². The standard InChI is InChI=1S/C33H44N4O2/c1-19-35-27(37-36-19)33-13-11-28(2,3)17-21(33)25-22(38)15-24-30(6)16-20(18-34)26(39)29(4,5)23(30)9-10-31(24,7)32(25,8)12-14-33/h15-16,21,23,25H,9-14,17H2,1-8H3,(H,35,36,37)/t21-,23+,25?,30+,31-,32-,33+/m1/s1. The molecule has 3 fully saturated rings. The summed E-state index contributed by atoms with van der Waals surface area (Å²) in [5.41, 5.74) is -0.151. The van der Waals surface area contributed by atoms with Crippen LogP contribution < -0.4 is 0 Å². The van der Waals surface area contributed by atoms with Crippen LogP contribution in [-0.2, 0) is 15.0 Å². The van der Waals surface area contributed by atoms with E-state index in [1.807, 2.05) is 32.9 Å². The van der Waals surface area contributed by atoms with Crippen molar-refractivity contribution in [3.63, 3.8) is 0 Å².